The summed E-state index contributed by atoms with van der Waals surface area (Å²) < 4.78 is 37.5. The smallest absolute Gasteiger partial charge is 0.261 e. The van der Waals surface area contributed by atoms with Gasteiger partial charge in [-0.3, -0.25) is 4.98 Å². The Morgan fingerprint density at radius 2 is 1.81 bits per heavy atom. The molecule has 190 valence electrons. The molecular weight excluding hydrogens is 530 g/mol. The number of fused-ring (bicyclic) bond motifs is 3. The maximum absolute atomic E-state index is 12.2. The summed E-state index contributed by atoms with van der Waals surface area (Å²) >= 11 is 3.52. The minimum absolute atomic E-state index is 0.00279. The number of ether oxygens (including phenoxy) is 2. The minimum atomic E-state index is -2.41. The number of rotatable bonds is 3. The van der Waals surface area contributed by atoms with Crippen LogP contribution in [0.5, 0.6) is 11.5 Å². The molecule has 2 fully saturated rings. The predicted octanol–water partition coefficient (Wildman–Crippen LogP) is 5.86. The van der Waals surface area contributed by atoms with Crippen molar-refractivity contribution in [2.75, 3.05) is 27.2 Å². The lowest BCUT2D eigenvalue weighted by Crippen LogP contribution is -2.48. The number of nitrogens with zero attached hydrogens (tertiary/aromatic N) is 2. The average Bonchev–Trinajstić information content (AvgIpc) is 3.44. The van der Waals surface area contributed by atoms with Crippen LogP contribution in [0, 0.1) is 0 Å². The van der Waals surface area contributed by atoms with Gasteiger partial charge in [0.2, 0.25) is 0 Å². The maximum Gasteiger partial charge on any atom is 0.261 e. The van der Waals surface area contributed by atoms with Crippen molar-refractivity contribution in [3.8, 4) is 11.5 Å². The van der Waals surface area contributed by atoms with Crippen LogP contribution in [0.15, 0.2) is 71.5 Å². The Bertz CT molecular complexity index is 1230. The molecule has 1 N–H and O–H groups in total. The summed E-state index contributed by atoms with van der Waals surface area (Å²) in [6.45, 7) is 0.472. The summed E-state index contributed by atoms with van der Waals surface area (Å²) in [5, 5.41) is 12.2. The molecule has 2 aliphatic heterocycles. The van der Waals surface area contributed by atoms with E-state index in [1.165, 1.54) is 0 Å². The lowest BCUT2D eigenvalue weighted by Gasteiger charge is -2.40. The van der Waals surface area contributed by atoms with Crippen LogP contribution in [0.1, 0.15) is 41.9 Å². The summed E-state index contributed by atoms with van der Waals surface area (Å²) in [5.41, 5.74) is 0.661. The van der Waals surface area contributed by atoms with Gasteiger partial charge in [-0.15, -0.1) is 0 Å². The fourth-order valence-corrected chi connectivity index (χ4v) is 6.19. The van der Waals surface area contributed by atoms with Crippen LogP contribution in [-0.4, -0.2) is 48.2 Å². The van der Waals surface area contributed by atoms with Crippen molar-refractivity contribution in [3.63, 3.8) is 0 Å². The van der Waals surface area contributed by atoms with Gasteiger partial charge < -0.3 is 19.5 Å². The third-order valence-corrected chi connectivity index (χ3v) is 8.04. The van der Waals surface area contributed by atoms with Crippen molar-refractivity contribution in [2.45, 2.75) is 42.3 Å². The first kappa shape index (κ1) is 25.1. The Hall–Kier alpha value is -2.55. The zero-order valence-corrected chi connectivity index (χ0v) is 21.8. The fourth-order valence-electron chi connectivity index (χ4n) is 5.92. The van der Waals surface area contributed by atoms with Gasteiger partial charge in [-0.2, -0.15) is 0 Å². The van der Waals surface area contributed by atoms with Gasteiger partial charge in [-0.1, -0.05) is 58.4 Å². The van der Waals surface area contributed by atoms with Crippen LogP contribution in [0.4, 0.5) is 8.78 Å². The van der Waals surface area contributed by atoms with Gasteiger partial charge in [0.05, 0.1) is 31.6 Å². The molecule has 3 aliphatic rings. The molecule has 1 saturated heterocycles. The standard InChI is InChI=1S/C23H20BrNO3.C5H9F2N/c1-27-19-13-25-14-20-21(19)22(26)12-11-18(15-5-3-2-4-6-15)23(22,28-20)16-7-9-17(24)10-8-16;1-8-3-2-5(6,7)4-8/h2-10,13-14,18,26H,11-12H2,1H3;2-4H2,1H3. The normalized spacial score (nSPS) is 28.0. The van der Waals surface area contributed by atoms with E-state index in [2.05, 4.69) is 33.0 Å². The fraction of sp³-hybridized carbons (Fsp3) is 0.393. The molecule has 6 rings (SSSR count). The monoisotopic (exact) mass is 558 g/mol. The molecule has 1 aromatic heterocycles. The van der Waals surface area contributed by atoms with Gasteiger partial charge in [-0.05, 0) is 43.1 Å². The highest BCUT2D eigenvalue weighted by Gasteiger charge is 2.69. The zero-order valence-electron chi connectivity index (χ0n) is 20.3. The quantitative estimate of drug-likeness (QED) is 0.436. The molecule has 2 aromatic carbocycles. The summed E-state index contributed by atoms with van der Waals surface area (Å²) in [4.78, 5) is 5.89. The van der Waals surface area contributed by atoms with E-state index in [0.717, 1.165) is 22.0 Å². The van der Waals surface area contributed by atoms with Crippen LogP contribution in [0.25, 0.3) is 0 Å². The molecule has 36 heavy (non-hydrogen) atoms. The summed E-state index contributed by atoms with van der Waals surface area (Å²) in [5.74, 6) is -1.26. The molecule has 0 bridgehead atoms. The first-order valence-electron chi connectivity index (χ1n) is 12.0. The van der Waals surface area contributed by atoms with Crippen molar-refractivity contribution in [1.29, 1.82) is 0 Å². The summed E-state index contributed by atoms with van der Waals surface area (Å²) in [6, 6.07) is 18.3. The number of hydrogen-bond acceptors (Lipinski definition) is 5. The number of alkyl halides is 2. The minimum Gasteiger partial charge on any atom is -0.495 e. The highest BCUT2D eigenvalue weighted by atomic mass is 79.9. The van der Waals surface area contributed by atoms with E-state index in [0.29, 0.717) is 30.0 Å². The molecule has 3 unspecified atom stereocenters. The van der Waals surface area contributed by atoms with E-state index in [-0.39, 0.29) is 18.9 Å². The molecule has 0 spiro atoms. The summed E-state index contributed by atoms with van der Waals surface area (Å²) in [7, 11) is 3.31. The second-order valence-electron chi connectivity index (χ2n) is 9.77. The van der Waals surface area contributed by atoms with Crippen molar-refractivity contribution >= 4 is 15.9 Å². The van der Waals surface area contributed by atoms with Gasteiger partial charge in [0.25, 0.3) is 5.92 Å². The third-order valence-electron chi connectivity index (χ3n) is 7.52. The van der Waals surface area contributed by atoms with Crippen LogP contribution in [0.3, 0.4) is 0 Å². The van der Waals surface area contributed by atoms with Crippen molar-refractivity contribution < 1.29 is 23.4 Å². The van der Waals surface area contributed by atoms with Crippen molar-refractivity contribution in [1.82, 2.24) is 9.88 Å². The highest BCUT2D eigenvalue weighted by Crippen LogP contribution is 2.67. The second-order valence-corrected chi connectivity index (χ2v) is 10.7. The zero-order chi connectivity index (χ0) is 25.6. The number of methoxy groups -OCH3 is 1. The lowest BCUT2D eigenvalue weighted by atomic mass is 9.72. The van der Waals surface area contributed by atoms with Crippen LogP contribution in [0.2, 0.25) is 0 Å². The Morgan fingerprint density at radius 3 is 2.39 bits per heavy atom. The van der Waals surface area contributed by atoms with Gasteiger partial charge in [-0.25, -0.2) is 8.78 Å². The molecule has 1 aliphatic carbocycles. The number of pyridine rings is 1. The van der Waals surface area contributed by atoms with E-state index in [4.69, 9.17) is 9.47 Å². The predicted molar refractivity (Wildman–Crippen MR) is 137 cm³/mol. The van der Waals surface area contributed by atoms with E-state index in [1.54, 1.807) is 31.5 Å². The molecule has 0 radical (unpaired) electrons. The van der Waals surface area contributed by atoms with Gasteiger partial charge in [0.15, 0.2) is 5.60 Å². The van der Waals surface area contributed by atoms with E-state index < -0.39 is 17.1 Å². The third kappa shape index (κ3) is 4.09. The first-order chi connectivity index (χ1) is 17.2. The van der Waals surface area contributed by atoms with Gasteiger partial charge in [0.1, 0.15) is 17.1 Å². The van der Waals surface area contributed by atoms with E-state index in [9.17, 15) is 13.9 Å². The average molecular weight is 559 g/mol. The number of hydrogen-bond donors (Lipinski definition) is 1. The lowest BCUT2D eigenvalue weighted by molar-refractivity contribution is -0.106. The second kappa shape index (κ2) is 9.39. The molecular formula is C28H29BrF2N2O3. The Kier molecular flexibility index (Phi) is 6.55. The summed E-state index contributed by atoms with van der Waals surface area (Å²) in [6.07, 6.45) is 4.74. The number of likely N-dealkylation sites (tertiary alicyclic amines) is 1. The molecule has 3 aromatic rings. The van der Waals surface area contributed by atoms with Crippen LogP contribution < -0.4 is 9.47 Å². The number of aromatic nitrogens is 1. The largest absolute Gasteiger partial charge is 0.495 e. The Labute approximate surface area is 218 Å². The molecule has 3 atom stereocenters. The van der Waals surface area contributed by atoms with Crippen molar-refractivity contribution in [2.24, 2.45) is 0 Å². The van der Waals surface area contributed by atoms with Crippen molar-refractivity contribution in [3.05, 3.63) is 88.2 Å². The van der Waals surface area contributed by atoms with Crippen LogP contribution in [-0.2, 0) is 11.2 Å². The molecule has 1 saturated carbocycles. The Morgan fingerprint density at radius 1 is 1.08 bits per heavy atom. The number of halogens is 3. The molecule has 5 nitrogen and oxygen atoms in total. The molecule has 8 heteroatoms. The maximum atomic E-state index is 12.2. The SMILES string of the molecule is CN1CCC(F)(F)C1.COc1cncc2c1C1(O)CCC(c3ccccc3)C1(c1ccc(Br)cc1)O2. The molecule has 0 amide bonds. The van der Waals surface area contributed by atoms with Crippen LogP contribution >= 0.6 is 15.9 Å². The van der Waals surface area contributed by atoms with Gasteiger partial charge in [0, 0.05) is 23.4 Å². The number of aliphatic hydroxyl groups is 1. The number of benzene rings is 2. The first-order valence-corrected chi connectivity index (χ1v) is 12.8. The molecule has 3 heterocycles. The van der Waals surface area contributed by atoms with E-state index >= 15 is 0 Å². The topological polar surface area (TPSA) is 54.8 Å². The van der Waals surface area contributed by atoms with E-state index in [1.807, 2.05) is 42.5 Å². The Balaban J connectivity index is 0.000000286. The highest BCUT2D eigenvalue weighted by molar-refractivity contribution is 9.10. The van der Waals surface area contributed by atoms with Gasteiger partial charge >= 0.3 is 0 Å².